The Kier molecular flexibility index (Phi) is 4.07. The van der Waals surface area contributed by atoms with Crippen LogP contribution in [0.25, 0.3) is 0 Å². The van der Waals surface area contributed by atoms with E-state index in [0.717, 1.165) is 12.8 Å². The van der Waals surface area contributed by atoms with Crippen molar-refractivity contribution in [3.63, 3.8) is 0 Å². The van der Waals surface area contributed by atoms with Gasteiger partial charge in [0.1, 0.15) is 13.6 Å². The quantitative estimate of drug-likeness (QED) is 0.503. The SMILES string of the molecule is CCCC[N+](C)(OC)C(=O)O. The highest BCUT2D eigenvalue weighted by Crippen LogP contribution is 2.05. The summed E-state index contributed by atoms with van der Waals surface area (Å²) >= 11 is 0. The minimum absolute atomic E-state index is 0.353. The van der Waals surface area contributed by atoms with Crippen LogP contribution >= 0.6 is 0 Å². The molecule has 1 N–H and O–H groups in total. The Hall–Kier alpha value is -0.610. The van der Waals surface area contributed by atoms with Gasteiger partial charge in [-0.3, -0.25) is 0 Å². The van der Waals surface area contributed by atoms with Crippen molar-refractivity contribution >= 4 is 6.09 Å². The molecule has 4 heteroatoms. The Morgan fingerprint density at radius 2 is 2.18 bits per heavy atom. The molecule has 0 fully saturated rings. The maximum Gasteiger partial charge on any atom is 0.546 e. The Bertz CT molecular complexity index is 138. The van der Waals surface area contributed by atoms with Gasteiger partial charge in [0, 0.05) is 0 Å². The zero-order valence-electron chi connectivity index (χ0n) is 7.33. The minimum Gasteiger partial charge on any atom is -0.433 e. The maximum absolute atomic E-state index is 10.6. The highest BCUT2D eigenvalue weighted by atomic mass is 16.7. The summed E-state index contributed by atoms with van der Waals surface area (Å²) < 4.78 is -0.353. The van der Waals surface area contributed by atoms with E-state index in [1.807, 2.05) is 6.92 Å². The second-order valence-corrected chi connectivity index (χ2v) is 2.64. The molecule has 0 heterocycles. The summed E-state index contributed by atoms with van der Waals surface area (Å²) in [6.45, 7) is 2.53. The highest BCUT2D eigenvalue weighted by Gasteiger charge is 2.31. The molecule has 0 aliphatic rings. The summed E-state index contributed by atoms with van der Waals surface area (Å²) in [6, 6.07) is 0. The van der Waals surface area contributed by atoms with Crippen LogP contribution in [-0.2, 0) is 4.84 Å². The van der Waals surface area contributed by atoms with E-state index in [1.165, 1.54) is 14.2 Å². The van der Waals surface area contributed by atoms with E-state index in [-0.39, 0.29) is 4.65 Å². The van der Waals surface area contributed by atoms with Crippen LogP contribution in [0.3, 0.4) is 0 Å². The lowest BCUT2D eigenvalue weighted by Crippen LogP contribution is -2.47. The fourth-order valence-electron chi connectivity index (χ4n) is 0.725. The molecule has 0 rings (SSSR count). The predicted octanol–water partition coefficient (Wildman–Crippen LogP) is 1.47. The smallest absolute Gasteiger partial charge is 0.433 e. The molecule has 0 aromatic rings. The predicted molar refractivity (Wildman–Crippen MR) is 41.0 cm³/mol. The van der Waals surface area contributed by atoms with Crippen LogP contribution in [0, 0.1) is 0 Å². The number of rotatable bonds is 4. The highest BCUT2D eigenvalue weighted by molar-refractivity contribution is 5.55. The number of unbranched alkanes of at least 4 members (excludes halogenated alkanes) is 1. The standard InChI is InChI=1S/C7H15NO3/c1-4-5-6-8(2,11-3)7(9)10/h4-6H2,1-3H3/p+1. The first kappa shape index (κ1) is 10.4. The molecule has 66 valence electrons. The van der Waals surface area contributed by atoms with Crippen molar-refractivity contribution in [2.24, 2.45) is 0 Å². The Labute approximate surface area is 66.9 Å². The molecule has 0 aliphatic carbocycles. The number of carbonyl (C=O) groups is 1. The number of carboxylic acid groups (broad SMARTS) is 1. The number of hydroxylamine groups is 3. The van der Waals surface area contributed by atoms with Crippen molar-refractivity contribution in [1.82, 2.24) is 0 Å². The molecule has 0 aromatic heterocycles. The van der Waals surface area contributed by atoms with Gasteiger partial charge < -0.3 is 5.11 Å². The molecule has 1 unspecified atom stereocenters. The lowest BCUT2D eigenvalue weighted by Gasteiger charge is -2.22. The molecule has 0 saturated heterocycles. The van der Waals surface area contributed by atoms with E-state index >= 15 is 0 Å². The average Bonchev–Trinajstić information content (AvgIpc) is 2.00. The molecule has 0 aliphatic heterocycles. The Balaban J connectivity index is 3.99. The summed E-state index contributed by atoms with van der Waals surface area (Å²) in [7, 11) is 2.95. The maximum atomic E-state index is 10.6. The topological polar surface area (TPSA) is 46.5 Å². The van der Waals surface area contributed by atoms with Crippen LogP contribution in [0.5, 0.6) is 0 Å². The van der Waals surface area contributed by atoms with Gasteiger partial charge in [0.2, 0.25) is 0 Å². The minimum atomic E-state index is -0.944. The lowest BCUT2D eigenvalue weighted by molar-refractivity contribution is -1.03. The molecule has 11 heavy (non-hydrogen) atoms. The Morgan fingerprint density at radius 1 is 1.64 bits per heavy atom. The molecule has 1 atom stereocenters. The van der Waals surface area contributed by atoms with Gasteiger partial charge in [-0.1, -0.05) is 18.0 Å². The summed E-state index contributed by atoms with van der Waals surface area (Å²) in [5, 5.41) is 8.71. The van der Waals surface area contributed by atoms with Gasteiger partial charge in [0.25, 0.3) is 0 Å². The molecule has 0 aromatic carbocycles. The summed E-state index contributed by atoms with van der Waals surface area (Å²) in [5.74, 6) is 0. The van der Waals surface area contributed by atoms with Crippen molar-refractivity contribution < 1.29 is 19.4 Å². The monoisotopic (exact) mass is 162 g/mol. The first-order valence-electron chi connectivity index (χ1n) is 3.71. The molecule has 0 radical (unpaired) electrons. The van der Waals surface area contributed by atoms with Crippen LogP contribution in [0.4, 0.5) is 4.79 Å². The first-order valence-corrected chi connectivity index (χ1v) is 3.71. The van der Waals surface area contributed by atoms with Crippen LogP contribution in [-0.4, -0.2) is 36.5 Å². The van der Waals surface area contributed by atoms with Crippen LogP contribution in [0.1, 0.15) is 19.8 Å². The molecule has 0 saturated carbocycles. The first-order chi connectivity index (χ1) is 5.06. The third-order valence-corrected chi connectivity index (χ3v) is 1.75. The molecule has 4 nitrogen and oxygen atoms in total. The number of nitrogens with zero attached hydrogens (tertiary/aromatic N) is 1. The van der Waals surface area contributed by atoms with Crippen LogP contribution in [0.15, 0.2) is 0 Å². The molecular weight excluding hydrogens is 146 g/mol. The van der Waals surface area contributed by atoms with Crippen LogP contribution < -0.4 is 0 Å². The Morgan fingerprint density at radius 3 is 2.45 bits per heavy atom. The largest absolute Gasteiger partial charge is 0.546 e. The third kappa shape index (κ3) is 2.86. The zero-order chi connectivity index (χ0) is 8.91. The van der Waals surface area contributed by atoms with Crippen LogP contribution in [0.2, 0.25) is 0 Å². The van der Waals surface area contributed by atoms with Gasteiger partial charge in [0.05, 0.1) is 7.11 Å². The van der Waals surface area contributed by atoms with E-state index in [1.54, 1.807) is 0 Å². The molecule has 0 bridgehead atoms. The van der Waals surface area contributed by atoms with E-state index in [9.17, 15) is 4.79 Å². The van der Waals surface area contributed by atoms with E-state index < -0.39 is 6.09 Å². The average molecular weight is 162 g/mol. The molecular formula is C7H16NO3+. The second-order valence-electron chi connectivity index (χ2n) is 2.64. The van der Waals surface area contributed by atoms with Crippen molar-refractivity contribution in [1.29, 1.82) is 0 Å². The number of quaternary nitrogens is 1. The van der Waals surface area contributed by atoms with Gasteiger partial charge in [-0.05, 0) is 6.42 Å². The second kappa shape index (κ2) is 4.31. The van der Waals surface area contributed by atoms with Gasteiger partial charge >= 0.3 is 6.09 Å². The zero-order valence-corrected chi connectivity index (χ0v) is 7.33. The van der Waals surface area contributed by atoms with Gasteiger partial charge in [0.15, 0.2) is 0 Å². The summed E-state index contributed by atoms with van der Waals surface area (Å²) in [5.41, 5.74) is 0. The molecule has 0 spiro atoms. The van der Waals surface area contributed by atoms with Crippen molar-refractivity contribution in [2.45, 2.75) is 19.8 Å². The number of amides is 1. The van der Waals surface area contributed by atoms with Gasteiger partial charge in [-0.2, -0.15) is 9.63 Å². The van der Waals surface area contributed by atoms with Gasteiger partial charge in [-0.15, -0.1) is 0 Å². The van der Waals surface area contributed by atoms with Crippen molar-refractivity contribution in [3.05, 3.63) is 0 Å². The van der Waals surface area contributed by atoms with Crippen molar-refractivity contribution in [2.75, 3.05) is 20.7 Å². The third-order valence-electron chi connectivity index (χ3n) is 1.75. The van der Waals surface area contributed by atoms with Gasteiger partial charge in [-0.25, -0.2) is 0 Å². The molecule has 1 amide bonds. The lowest BCUT2D eigenvalue weighted by atomic mass is 10.3. The normalized spacial score (nSPS) is 15.9. The van der Waals surface area contributed by atoms with E-state index in [4.69, 9.17) is 9.94 Å². The summed E-state index contributed by atoms with van der Waals surface area (Å²) in [6.07, 6.45) is 0.891. The van der Waals surface area contributed by atoms with E-state index in [0.29, 0.717) is 6.54 Å². The summed E-state index contributed by atoms with van der Waals surface area (Å²) in [4.78, 5) is 15.4. The fourth-order valence-corrected chi connectivity index (χ4v) is 0.725. The van der Waals surface area contributed by atoms with Crippen molar-refractivity contribution in [3.8, 4) is 0 Å². The number of hydrogen-bond acceptors (Lipinski definition) is 2. The van der Waals surface area contributed by atoms with E-state index in [2.05, 4.69) is 0 Å². The number of hydrogen-bond donors (Lipinski definition) is 1. The fraction of sp³-hybridized carbons (Fsp3) is 0.857.